The molecule has 2 aliphatic rings. The van der Waals surface area contributed by atoms with Crippen LogP contribution in [0.5, 0.6) is 0 Å². The number of hydrogen-bond acceptors (Lipinski definition) is 2. The lowest BCUT2D eigenvalue weighted by molar-refractivity contribution is -0.184. The Morgan fingerprint density at radius 3 is 2.56 bits per heavy atom. The van der Waals surface area contributed by atoms with E-state index in [0.717, 1.165) is 19.4 Å². The second-order valence-electron chi connectivity index (χ2n) is 5.26. The third-order valence-corrected chi connectivity index (χ3v) is 3.86. The first-order valence-corrected chi connectivity index (χ1v) is 6.57. The van der Waals surface area contributed by atoms with Crippen LogP contribution in [0.4, 0.5) is 13.2 Å². The number of halogens is 3. The van der Waals surface area contributed by atoms with Gasteiger partial charge in [-0.2, -0.15) is 13.2 Å². The molecule has 1 saturated carbocycles. The molecular weight excluding hydrogens is 245 g/mol. The van der Waals surface area contributed by atoms with Crippen LogP contribution in [0.15, 0.2) is 0 Å². The zero-order valence-electron chi connectivity index (χ0n) is 10.2. The molecular formula is C12H19F3N2O. The average Bonchev–Trinajstić information content (AvgIpc) is 2.81. The lowest BCUT2D eigenvalue weighted by Gasteiger charge is -2.31. The molecule has 2 unspecified atom stereocenters. The molecule has 2 fully saturated rings. The highest BCUT2D eigenvalue weighted by Gasteiger charge is 2.42. The van der Waals surface area contributed by atoms with Gasteiger partial charge in [-0.05, 0) is 38.6 Å². The molecule has 0 radical (unpaired) electrons. The third-order valence-electron chi connectivity index (χ3n) is 3.86. The number of carbonyl (C=O) groups is 1. The monoisotopic (exact) mass is 264 g/mol. The Balaban J connectivity index is 1.83. The molecule has 1 heterocycles. The first-order chi connectivity index (χ1) is 8.47. The summed E-state index contributed by atoms with van der Waals surface area (Å²) in [5.41, 5.74) is 0. The van der Waals surface area contributed by atoms with E-state index in [9.17, 15) is 18.0 Å². The molecule has 0 aromatic heterocycles. The summed E-state index contributed by atoms with van der Waals surface area (Å²) in [4.78, 5) is 11.8. The van der Waals surface area contributed by atoms with Crippen molar-refractivity contribution in [3.8, 4) is 0 Å². The number of amides is 1. The maximum absolute atomic E-state index is 12.6. The summed E-state index contributed by atoms with van der Waals surface area (Å²) in [6.07, 6.45) is -0.984. The van der Waals surface area contributed by atoms with Crippen molar-refractivity contribution in [2.24, 2.45) is 5.92 Å². The first kappa shape index (κ1) is 13.6. The molecule has 3 atom stereocenters. The van der Waals surface area contributed by atoms with Crippen molar-refractivity contribution in [3.05, 3.63) is 0 Å². The lowest BCUT2D eigenvalue weighted by atomic mass is 9.85. The first-order valence-electron chi connectivity index (χ1n) is 6.57. The van der Waals surface area contributed by atoms with Gasteiger partial charge in [-0.15, -0.1) is 0 Å². The summed E-state index contributed by atoms with van der Waals surface area (Å²) in [7, 11) is 0. The van der Waals surface area contributed by atoms with Gasteiger partial charge in [0.25, 0.3) is 0 Å². The van der Waals surface area contributed by atoms with Crippen molar-refractivity contribution >= 4 is 5.91 Å². The molecule has 6 heteroatoms. The molecule has 0 bridgehead atoms. The standard InChI is InChI=1S/C12H19F3N2O/c13-12(14,15)8-3-1-4-9(7-8)17-11(18)10-5-2-6-16-10/h8-10,16H,1-7H2,(H,17,18)/t8?,9?,10-/m1/s1. The Kier molecular flexibility index (Phi) is 4.14. The smallest absolute Gasteiger partial charge is 0.352 e. The lowest BCUT2D eigenvalue weighted by Crippen LogP contribution is -2.47. The van der Waals surface area contributed by atoms with Crippen LogP contribution in [0.2, 0.25) is 0 Å². The molecule has 3 nitrogen and oxygen atoms in total. The van der Waals surface area contributed by atoms with Crippen LogP contribution < -0.4 is 10.6 Å². The fourth-order valence-corrected chi connectivity index (χ4v) is 2.83. The molecule has 1 aliphatic carbocycles. The van der Waals surface area contributed by atoms with E-state index in [2.05, 4.69) is 10.6 Å². The van der Waals surface area contributed by atoms with Gasteiger partial charge in [0, 0.05) is 6.04 Å². The van der Waals surface area contributed by atoms with Crippen molar-refractivity contribution in [1.82, 2.24) is 10.6 Å². The second-order valence-corrected chi connectivity index (χ2v) is 5.26. The van der Waals surface area contributed by atoms with Crippen LogP contribution in [0.25, 0.3) is 0 Å². The maximum atomic E-state index is 12.6. The molecule has 1 amide bonds. The van der Waals surface area contributed by atoms with Gasteiger partial charge in [0.2, 0.25) is 5.91 Å². The minimum atomic E-state index is -4.13. The Hall–Kier alpha value is -0.780. The van der Waals surface area contributed by atoms with Crippen LogP contribution >= 0.6 is 0 Å². The van der Waals surface area contributed by atoms with E-state index in [0.29, 0.717) is 12.8 Å². The van der Waals surface area contributed by atoms with E-state index in [1.54, 1.807) is 0 Å². The normalized spacial score (nSPS) is 33.4. The molecule has 0 aromatic carbocycles. The van der Waals surface area contributed by atoms with Crippen LogP contribution in [-0.2, 0) is 4.79 Å². The van der Waals surface area contributed by atoms with Crippen molar-refractivity contribution in [3.63, 3.8) is 0 Å². The molecule has 0 aromatic rings. The van der Waals surface area contributed by atoms with Gasteiger partial charge in [-0.1, -0.05) is 6.42 Å². The zero-order valence-corrected chi connectivity index (χ0v) is 10.2. The molecule has 1 saturated heterocycles. The number of hydrogen-bond donors (Lipinski definition) is 2. The topological polar surface area (TPSA) is 41.1 Å². The summed E-state index contributed by atoms with van der Waals surface area (Å²) in [6, 6.07) is -0.531. The fraction of sp³-hybridized carbons (Fsp3) is 0.917. The summed E-state index contributed by atoms with van der Waals surface area (Å²) < 4.78 is 37.9. The number of alkyl halides is 3. The Labute approximate surface area is 104 Å². The molecule has 0 spiro atoms. The highest BCUT2D eigenvalue weighted by atomic mass is 19.4. The van der Waals surface area contributed by atoms with Gasteiger partial charge in [-0.3, -0.25) is 4.79 Å². The summed E-state index contributed by atoms with van der Waals surface area (Å²) in [5, 5.41) is 5.81. The fourth-order valence-electron chi connectivity index (χ4n) is 2.83. The molecule has 2 N–H and O–H groups in total. The van der Waals surface area contributed by atoms with Crippen LogP contribution in [0.1, 0.15) is 38.5 Å². The summed E-state index contributed by atoms with van der Waals surface area (Å²) >= 11 is 0. The predicted molar refractivity (Wildman–Crippen MR) is 61.0 cm³/mol. The van der Waals surface area contributed by atoms with Crippen LogP contribution in [0.3, 0.4) is 0 Å². The van der Waals surface area contributed by atoms with Crippen molar-refractivity contribution in [2.75, 3.05) is 6.54 Å². The van der Waals surface area contributed by atoms with Gasteiger partial charge in [-0.25, -0.2) is 0 Å². The zero-order chi connectivity index (χ0) is 13.2. The number of rotatable bonds is 2. The van der Waals surface area contributed by atoms with Crippen molar-refractivity contribution in [2.45, 2.75) is 56.8 Å². The van der Waals surface area contributed by atoms with E-state index < -0.39 is 12.1 Å². The minimum Gasteiger partial charge on any atom is -0.352 e. The van der Waals surface area contributed by atoms with Gasteiger partial charge in [0.15, 0.2) is 0 Å². The average molecular weight is 264 g/mol. The Morgan fingerprint density at radius 2 is 1.94 bits per heavy atom. The molecule has 2 rings (SSSR count). The largest absolute Gasteiger partial charge is 0.391 e. The van der Waals surface area contributed by atoms with Crippen molar-refractivity contribution in [1.29, 1.82) is 0 Å². The van der Waals surface area contributed by atoms with Crippen molar-refractivity contribution < 1.29 is 18.0 Å². The van der Waals surface area contributed by atoms with E-state index in [1.165, 1.54) is 0 Å². The van der Waals surface area contributed by atoms with E-state index in [-0.39, 0.29) is 30.8 Å². The van der Waals surface area contributed by atoms with Gasteiger partial charge in [0.05, 0.1) is 12.0 Å². The van der Waals surface area contributed by atoms with E-state index in [1.807, 2.05) is 0 Å². The number of carbonyl (C=O) groups excluding carboxylic acids is 1. The van der Waals surface area contributed by atoms with Crippen LogP contribution in [0, 0.1) is 5.92 Å². The minimum absolute atomic E-state index is 0.0297. The molecule has 18 heavy (non-hydrogen) atoms. The van der Waals surface area contributed by atoms with E-state index in [4.69, 9.17) is 0 Å². The Bertz CT molecular complexity index is 300. The number of nitrogens with one attached hydrogen (secondary N) is 2. The van der Waals surface area contributed by atoms with E-state index >= 15 is 0 Å². The summed E-state index contributed by atoms with van der Waals surface area (Å²) in [6.45, 7) is 0.813. The highest BCUT2D eigenvalue weighted by molar-refractivity contribution is 5.82. The predicted octanol–water partition coefficient (Wildman–Crippen LogP) is 1.98. The quantitative estimate of drug-likeness (QED) is 0.800. The summed E-state index contributed by atoms with van der Waals surface area (Å²) in [5.74, 6) is -1.39. The molecule has 104 valence electrons. The highest BCUT2D eigenvalue weighted by Crippen LogP contribution is 2.37. The van der Waals surface area contributed by atoms with Gasteiger partial charge < -0.3 is 10.6 Å². The maximum Gasteiger partial charge on any atom is 0.391 e. The van der Waals surface area contributed by atoms with Gasteiger partial charge >= 0.3 is 6.18 Å². The SMILES string of the molecule is O=C(NC1CCCC(C(F)(F)F)C1)[C@H]1CCCN1. The van der Waals surface area contributed by atoms with Gasteiger partial charge in [0.1, 0.15) is 0 Å². The molecule has 1 aliphatic heterocycles. The second kappa shape index (κ2) is 5.47. The van der Waals surface area contributed by atoms with Crippen LogP contribution in [-0.4, -0.2) is 30.7 Å². The third kappa shape index (κ3) is 3.37. The Morgan fingerprint density at radius 1 is 1.17 bits per heavy atom.